The summed E-state index contributed by atoms with van der Waals surface area (Å²) in [6.45, 7) is 2.94. The Kier molecular flexibility index (Phi) is 5.32. The van der Waals surface area contributed by atoms with Gasteiger partial charge in [-0.15, -0.1) is 0 Å². The van der Waals surface area contributed by atoms with E-state index in [1.54, 1.807) is 0 Å². The third-order valence-electron chi connectivity index (χ3n) is 2.28. The molecular formula is C12H20N2O. The van der Waals surface area contributed by atoms with E-state index >= 15 is 0 Å². The van der Waals surface area contributed by atoms with Gasteiger partial charge in [0.2, 0.25) is 0 Å². The number of benzene rings is 1. The molecule has 1 aromatic carbocycles. The minimum Gasteiger partial charge on any atom is -0.375 e. The van der Waals surface area contributed by atoms with E-state index in [9.17, 15) is 0 Å². The van der Waals surface area contributed by atoms with Crippen LogP contribution in [0.4, 0.5) is 0 Å². The molecule has 1 aromatic rings. The first kappa shape index (κ1) is 12.2. The van der Waals surface area contributed by atoms with Crippen LogP contribution in [-0.2, 0) is 17.9 Å². The van der Waals surface area contributed by atoms with Gasteiger partial charge in [-0.2, -0.15) is 0 Å². The molecule has 0 spiro atoms. The molecule has 1 rings (SSSR count). The highest BCUT2D eigenvalue weighted by Crippen LogP contribution is 2.08. The topological polar surface area (TPSA) is 38.5 Å². The van der Waals surface area contributed by atoms with Gasteiger partial charge >= 0.3 is 0 Å². The summed E-state index contributed by atoms with van der Waals surface area (Å²) in [5, 5.41) is 0. The van der Waals surface area contributed by atoms with E-state index in [4.69, 9.17) is 10.5 Å². The van der Waals surface area contributed by atoms with Crippen molar-refractivity contribution in [2.75, 3.05) is 27.2 Å². The van der Waals surface area contributed by atoms with Crippen LogP contribution in [0.3, 0.4) is 0 Å². The monoisotopic (exact) mass is 208 g/mol. The van der Waals surface area contributed by atoms with E-state index in [1.807, 2.05) is 32.3 Å². The lowest BCUT2D eigenvalue weighted by atomic mass is 10.1. The van der Waals surface area contributed by atoms with Crippen LogP contribution < -0.4 is 5.73 Å². The van der Waals surface area contributed by atoms with Gasteiger partial charge in [0.15, 0.2) is 0 Å². The normalized spacial score (nSPS) is 10.9. The fourth-order valence-corrected chi connectivity index (χ4v) is 1.33. The van der Waals surface area contributed by atoms with Crippen molar-refractivity contribution < 1.29 is 4.74 Å². The minimum absolute atomic E-state index is 0.577. The fraction of sp³-hybridized carbons (Fsp3) is 0.500. The first-order chi connectivity index (χ1) is 7.24. The highest BCUT2D eigenvalue weighted by molar-refractivity contribution is 5.26. The van der Waals surface area contributed by atoms with Crippen molar-refractivity contribution in [2.45, 2.75) is 13.2 Å². The van der Waals surface area contributed by atoms with Gasteiger partial charge in [0, 0.05) is 13.1 Å². The highest BCUT2D eigenvalue weighted by atomic mass is 16.5. The quantitative estimate of drug-likeness (QED) is 0.714. The molecule has 0 aliphatic carbocycles. The maximum Gasteiger partial charge on any atom is 0.0720 e. The van der Waals surface area contributed by atoms with E-state index in [2.05, 4.69) is 11.0 Å². The molecule has 15 heavy (non-hydrogen) atoms. The maximum absolute atomic E-state index is 5.64. The Bertz CT molecular complexity index is 287. The number of nitrogens with two attached hydrogens (primary N) is 1. The van der Waals surface area contributed by atoms with Crippen LogP contribution in [0.5, 0.6) is 0 Å². The molecule has 3 nitrogen and oxygen atoms in total. The average Bonchev–Trinajstić information content (AvgIpc) is 2.24. The third kappa shape index (κ3) is 4.42. The van der Waals surface area contributed by atoms with Crippen molar-refractivity contribution in [2.24, 2.45) is 5.73 Å². The predicted octanol–water partition coefficient (Wildman–Crippen LogP) is 1.22. The van der Waals surface area contributed by atoms with Gasteiger partial charge in [0.1, 0.15) is 0 Å². The average molecular weight is 208 g/mol. The van der Waals surface area contributed by atoms with Crippen LogP contribution >= 0.6 is 0 Å². The molecule has 0 bridgehead atoms. The first-order valence-electron chi connectivity index (χ1n) is 5.23. The molecule has 0 aromatic heterocycles. The summed E-state index contributed by atoms with van der Waals surface area (Å²) in [6, 6.07) is 8.14. The second-order valence-corrected chi connectivity index (χ2v) is 3.83. The zero-order chi connectivity index (χ0) is 11.1. The Hall–Kier alpha value is -0.900. The van der Waals surface area contributed by atoms with Gasteiger partial charge < -0.3 is 15.4 Å². The Morgan fingerprint density at radius 2 is 1.87 bits per heavy atom. The first-order valence-corrected chi connectivity index (χ1v) is 5.23. The molecule has 0 aliphatic rings. The van der Waals surface area contributed by atoms with E-state index in [0.29, 0.717) is 13.2 Å². The van der Waals surface area contributed by atoms with Crippen molar-refractivity contribution in [3.63, 3.8) is 0 Å². The van der Waals surface area contributed by atoms with Crippen LogP contribution in [0.2, 0.25) is 0 Å². The van der Waals surface area contributed by atoms with Crippen LogP contribution in [0.25, 0.3) is 0 Å². The van der Waals surface area contributed by atoms with Gasteiger partial charge in [-0.25, -0.2) is 0 Å². The van der Waals surface area contributed by atoms with Gasteiger partial charge in [0.25, 0.3) is 0 Å². The molecule has 0 atom stereocenters. The zero-order valence-corrected chi connectivity index (χ0v) is 9.57. The maximum atomic E-state index is 5.64. The smallest absolute Gasteiger partial charge is 0.0720 e. The van der Waals surface area contributed by atoms with Crippen molar-refractivity contribution in [3.05, 3.63) is 35.4 Å². The van der Waals surface area contributed by atoms with Gasteiger partial charge in [-0.05, 0) is 25.2 Å². The molecule has 0 aliphatic heterocycles. The molecule has 2 N–H and O–H groups in total. The third-order valence-corrected chi connectivity index (χ3v) is 2.28. The Balaban J connectivity index is 2.36. The Labute approximate surface area is 91.8 Å². The molecule has 0 saturated heterocycles. The lowest BCUT2D eigenvalue weighted by Crippen LogP contribution is -2.18. The largest absolute Gasteiger partial charge is 0.375 e. The minimum atomic E-state index is 0.577. The summed E-state index contributed by atoms with van der Waals surface area (Å²) < 4.78 is 5.58. The summed E-state index contributed by atoms with van der Waals surface area (Å²) in [4.78, 5) is 2.11. The Morgan fingerprint density at radius 3 is 2.47 bits per heavy atom. The molecule has 0 saturated carbocycles. The summed E-state index contributed by atoms with van der Waals surface area (Å²) in [5.74, 6) is 0. The number of ether oxygens (including phenoxy) is 1. The molecule has 0 heterocycles. The van der Waals surface area contributed by atoms with Crippen molar-refractivity contribution in [1.82, 2.24) is 4.90 Å². The molecule has 0 unspecified atom stereocenters. The Morgan fingerprint density at radius 1 is 1.20 bits per heavy atom. The molecule has 84 valence electrons. The summed E-state index contributed by atoms with van der Waals surface area (Å²) in [7, 11) is 4.08. The fourth-order valence-electron chi connectivity index (χ4n) is 1.33. The van der Waals surface area contributed by atoms with Gasteiger partial charge in [-0.3, -0.25) is 0 Å². The number of hydrogen-bond donors (Lipinski definition) is 1. The second kappa shape index (κ2) is 6.56. The summed E-state index contributed by atoms with van der Waals surface area (Å²) in [5.41, 5.74) is 8.00. The van der Waals surface area contributed by atoms with Crippen LogP contribution in [0, 0.1) is 0 Å². The highest BCUT2D eigenvalue weighted by Gasteiger charge is 1.99. The second-order valence-electron chi connectivity index (χ2n) is 3.83. The molecule has 0 amide bonds. The van der Waals surface area contributed by atoms with E-state index < -0.39 is 0 Å². The summed E-state index contributed by atoms with van der Waals surface area (Å²) >= 11 is 0. The molecular weight excluding hydrogens is 188 g/mol. The lowest BCUT2D eigenvalue weighted by Gasteiger charge is -2.11. The predicted molar refractivity (Wildman–Crippen MR) is 62.5 cm³/mol. The number of rotatable bonds is 6. The number of hydrogen-bond acceptors (Lipinski definition) is 3. The lowest BCUT2D eigenvalue weighted by molar-refractivity contribution is 0.105. The standard InChI is InChI=1S/C12H20N2O/c1-14(2)7-8-15-10-12-6-4-3-5-11(12)9-13/h3-6H,7-10,13H2,1-2H3. The van der Waals surface area contributed by atoms with Crippen molar-refractivity contribution >= 4 is 0 Å². The SMILES string of the molecule is CN(C)CCOCc1ccccc1CN. The number of likely N-dealkylation sites (N-methyl/N-ethyl adjacent to an activating group) is 1. The van der Waals surface area contributed by atoms with E-state index in [1.165, 1.54) is 11.1 Å². The van der Waals surface area contributed by atoms with Crippen LogP contribution in [-0.4, -0.2) is 32.1 Å². The van der Waals surface area contributed by atoms with Crippen LogP contribution in [0.15, 0.2) is 24.3 Å². The van der Waals surface area contributed by atoms with Gasteiger partial charge in [-0.1, -0.05) is 24.3 Å². The van der Waals surface area contributed by atoms with Crippen LogP contribution in [0.1, 0.15) is 11.1 Å². The van der Waals surface area contributed by atoms with Crippen molar-refractivity contribution in [3.8, 4) is 0 Å². The van der Waals surface area contributed by atoms with E-state index in [-0.39, 0.29) is 0 Å². The van der Waals surface area contributed by atoms with E-state index in [0.717, 1.165) is 13.2 Å². The van der Waals surface area contributed by atoms with Gasteiger partial charge in [0.05, 0.1) is 13.2 Å². The zero-order valence-electron chi connectivity index (χ0n) is 9.57. The summed E-state index contributed by atoms with van der Waals surface area (Å²) in [6.07, 6.45) is 0. The van der Waals surface area contributed by atoms with Crippen molar-refractivity contribution in [1.29, 1.82) is 0 Å². The molecule has 3 heteroatoms. The molecule has 0 radical (unpaired) electrons. The molecule has 0 fully saturated rings. The number of nitrogens with zero attached hydrogens (tertiary/aromatic N) is 1.